The highest BCUT2D eigenvalue weighted by molar-refractivity contribution is 6.21. The van der Waals surface area contributed by atoms with Gasteiger partial charge in [0.05, 0.1) is 33.5 Å². The summed E-state index contributed by atoms with van der Waals surface area (Å²) in [6.45, 7) is 0. The number of aromatic nitrogens is 5. The fourth-order valence-corrected chi connectivity index (χ4v) is 8.17. The molecule has 7 aromatic carbocycles. The minimum absolute atomic E-state index is 0.650. The second-order valence-electron chi connectivity index (χ2n) is 14.1. The van der Waals surface area contributed by atoms with Crippen LogP contribution in [0.3, 0.4) is 0 Å². The Hall–Kier alpha value is -7.63. The highest BCUT2D eigenvalue weighted by Gasteiger charge is 2.19. The predicted molar refractivity (Wildman–Crippen MR) is 230 cm³/mol. The van der Waals surface area contributed by atoms with Crippen LogP contribution in [0.25, 0.3) is 100 Å². The van der Waals surface area contributed by atoms with Crippen molar-refractivity contribution in [2.45, 2.75) is 0 Å². The molecule has 0 saturated heterocycles. The number of rotatable bonds is 6. The van der Waals surface area contributed by atoms with Crippen molar-refractivity contribution in [3.05, 3.63) is 200 Å². The van der Waals surface area contributed by atoms with Crippen LogP contribution in [-0.2, 0) is 0 Å². The molecule has 0 bridgehead atoms. The summed E-state index contributed by atoms with van der Waals surface area (Å²) in [7, 11) is 0. The lowest BCUT2D eigenvalue weighted by molar-refractivity contribution is 1.13. The van der Waals surface area contributed by atoms with Crippen molar-refractivity contribution in [2.75, 3.05) is 0 Å². The Morgan fingerprint density at radius 1 is 0.357 bits per heavy atom. The lowest BCUT2D eigenvalue weighted by Crippen LogP contribution is -1.99. The zero-order valence-electron chi connectivity index (χ0n) is 30.3. The zero-order valence-corrected chi connectivity index (χ0v) is 30.3. The van der Waals surface area contributed by atoms with Crippen LogP contribution >= 0.6 is 0 Å². The molecule has 0 aliphatic heterocycles. The van der Waals surface area contributed by atoms with Crippen LogP contribution in [0.4, 0.5) is 0 Å². The van der Waals surface area contributed by atoms with Gasteiger partial charge in [0.25, 0.3) is 0 Å². The van der Waals surface area contributed by atoms with E-state index in [1.165, 1.54) is 21.7 Å². The van der Waals surface area contributed by atoms with E-state index < -0.39 is 0 Å². The van der Waals surface area contributed by atoms with Crippen LogP contribution in [0.2, 0.25) is 0 Å². The molecule has 0 saturated carbocycles. The molecule has 56 heavy (non-hydrogen) atoms. The number of benzene rings is 7. The van der Waals surface area contributed by atoms with Crippen LogP contribution in [0, 0.1) is 0 Å². The van der Waals surface area contributed by atoms with Crippen molar-refractivity contribution in [3.63, 3.8) is 0 Å². The molecule has 11 rings (SSSR count). The molecule has 0 spiro atoms. The van der Waals surface area contributed by atoms with Crippen LogP contribution in [-0.4, -0.2) is 24.1 Å². The van der Waals surface area contributed by atoms with E-state index in [4.69, 9.17) is 15.0 Å². The van der Waals surface area contributed by atoms with E-state index in [0.717, 1.165) is 72.6 Å². The molecule has 5 nitrogen and oxygen atoms in total. The summed E-state index contributed by atoms with van der Waals surface area (Å²) in [6.07, 6.45) is 2.17. The molecule has 0 amide bonds. The largest absolute Gasteiger partial charge is 0.317 e. The molecule has 0 atom stereocenters. The molecule has 11 aromatic rings. The zero-order chi connectivity index (χ0) is 37.0. The average Bonchev–Trinajstić information content (AvgIpc) is 3.86. The molecule has 4 heterocycles. The molecule has 0 aliphatic carbocycles. The van der Waals surface area contributed by atoms with E-state index in [1.54, 1.807) is 0 Å². The predicted octanol–water partition coefficient (Wildman–Crippen LogP) is 12.7. The van der Waals surface area contributed by atoms with Gasteiger partial charge in [-0.25, -0.2) is 15.0 Å². The Balaban J connectivity index is 1.09. The average molecular weight is 716 g/mol. The van der Waals surface area contributed by atoms with Crippen LogP contribution < -0.4 is 0 Å². The van der Waals surface area contributed by atoms with Crippen molar-refractivity contribution in [1.29, 1.82) is 0 Å². The normalized spacial score (nSPS) is 11.6. The van der Waals surface area contributed by atoms with Gasteiger partial charge in [-0.3, -0.25) is 0 Å². The second kappa shape index (κ2) is 13.0. The number of fused-ring (bicyclic) bond motifs is 6. The third kappa shape index (κ3) is 5.29. The summed E-state index contributed by atoms with van der Waals surface area (Å²) in [4.78, 5) is 15.8. The van der Waals surface area contributed by atoms with Crippen LogP contribution in [0.5, 0.6) is 0 Å². The summed E-state index contributed by atoms with van der Waals surface area (Å²) in [6, 6.07) is 67.9. The van der Waals surface area contributed by atoms with Crippen LogP contribution in [0.15, 0.2) is 200 Å². The Morgan fingerprint density at radius 3 is 1.80 bits per heavy atom. The number of nitrogens with zero attached hydrogens (tertiary/aromatic N) is 5. The quantitative estimate of drug-likeness (QED) is 0.172. The molecule has 5 heteroatoms. The van der Waals surface area contributed by atoms with Crippen molar-refractivity contribution < 1.29 is 0 Å². The Kier molecular flexibility index (Phi) is 7.42. The molecule has 0 fully saturated rings. The third-order valence-electron chi connectivity index (χ3n) is 10.8. The number of hydrogen-bond acceptors (Lipinski definition) is 3. The lowest BCUT2D eigenvalue weighted by atomic mass is 10.0. The number of para-hydroxylation sites is 3. The monoisotopic (exact) mass is 715 g/mol. The maximum atomic E-state index is 5.34. The van der Waals surface area contributed by atoms with Gasteiger partial charge in [0, 0.05) is 50.2 Å². The summed E-state index contributed by atoms with van der Waals surface area (Å²) in [5.74, 6) is 0.650. The summed E-state index contributed by atoms with van der Waals surface area (Å²) in [5.41, 5.74) is 13.2. The summed E-state index contributed by atoms with van der Waals surface area (Å²) >= 11 is 0. The number of hydrogen-bond donors (Lipinski definition) is 0. The first-order chi connectivity index (χ1) is 27.8. The van der Waals surface area contributed by atoms with Gasteiger partial charge in [0.1, 0.15) is 5.69 Å². The molecule has 262 valence electrons. The van der Waals surface area contributed by atoms with Gasteiger partial charge in [0.15, 0.2) is 5.82 Å². The highest BCUT2D eigenvalue weighted by atomic mass is 15.0. The minimum Gasteiger partial charge on any atom is -0.317 e. The first kappa shape index (κ1) is 31.9. The maximum Gasteiger partial charge on any atom is 0.160 e. The fourth-order valence-electron chi connectivity index (χ4n) is 8.17. The van der Waals surface area contributed by atoms with Crippen molar-refractivity contribution >= 4 is 43.6 Å². The SMILES string of the molecule is c1ccc(-c2cc(-c3ccccc3)nc(-c3nc(-c4cccc(-n5c6ccccc6c6c7ccn(-c8ccccc8)c7ccc65)c4)nc4ccccc34)c2)cc1. The van der Waals surface area contributed by atoms with Gasteiger partial charge in [0.2, 0.25) is 0 Å². The number of pyridine rings is 1. The van der Waals surface area contributed by atoms with E-state index in [0.29, 0.717) is 5.82 Å². The van der Waals surface area contributed by atoms with E-state index in [2.05, 4.69) is 185 Å². The minimum atomic E-state index is 0.650. The fraction of sp³-hybridized carbons (Fsp3) is 0. The second-order valence-corrected chi connectivity index (χ2v) is 14.1. The van der Waals surface area contributed by atoms with Gasteiger partial charge < -0.3 is 9.13 Å². The molecule has 0 radical (unpaired) electrons. The van der Waals surface area contributed by atoms with E-state index in [9.17, 15) is 0 Å². The Labute approximate surface area is 323 Å². The molecule has 4 aromatic heterocycles. The van der Waals surface area contributed by atoms with E-state index in [-0.39, 0.29) is 0 Å². The van der Waals surface area contributed by atoms with Crippen LogP contribution in [0.1, 0.15) is 0 Å². The summed E-state index contributed by atoms with van der Waals surface area (Å²) in [5, 5.41) is 4.63. The Bertz CT molecular complexity index is 3180. The van der Waals surface area contributed by atoms with Gasteiger partial charge in [-0.2, -0.15) is 0 Å². The van der Waals surface area contributed by atoms with Gasteiger partial charge in [-0.15, -0.1) is 0 Å². The molecule has 0 unspecified atom stereocenters. The molecule has 0 aliphatic rings. The van der Waals surface area contributed by atoms with Gasteiger partial charge in [-0.1, -0.05) is 127 Å². The Morgan fingerprint density at radius 2 is 0.982 bits per heavy atom. The first-order valence-electron chi connectivity index (χ1n) is 18.9. The molecular formula is C51H33N5. The standard InChI is InChI=1S/C51H33N5/c1-4-15-34(16-5-1)37-32-44(35-17-6-2-7-18-35)52-45(33-37)50-40-23-10-12-25-43(40)53-51(54-50)36-19-14-22-39(31-36)56-47-26-13-11-24-41(47)49-42-29-30-55(38-20-8-3-9-21-38)46(42)27-28-48(49)56/h1-33H. The maximum absolute atomic E-state index is 5.34. The van der Waals surface area contributed by atoms with Crippen molar-refractivity contribution in [2.24, 2.45) is 0 Å². The smallest absolute Gasteiger partial charge is 0.160 e. The van der Waals surface area contributed by atoms with Crippen molar-refractivity contribution in [1.82, 2.24) is 24.1 Å². The third-order valence-corrected chi connectivity index (χ3v) is 10.8. The molecular weight excluding hydrogens is 683 g/mol. The van der Waals surface area contributed by atoms with E-state index in [1.807, 2.05) is 24.3 Å². The molecule has 0 N–H and O–H groups in total. The first-order valence-corrected chi connectivity index (χ1v) is 18.9. The highest BCUT2D eigenvalue weighted by Crippen LogP contribution is 2.39. The topological polar surface area (TPSA) is 48.5 Å². The van der Waals surface area contributed by atoms with Gasteiger partial charge >= 0.3 is 0 Å². The summed E-state index contributed by atoms with van der Waals surface area (Å²) < 4.78 is 4.63. The van der Waals surface area contributed by atoms with E-state index >= 15 is 0 Å². The van der Waals surface area contributed by atoms with Gasteiger partial charge in [-0.05, 0) is 77.9 Å². The van der Waals surface area contributed by atoms with Crippen molar-refractivity contribution in [3.8, 4) is 56.5 Å². The lowest BCUT2D eigenvalue weighted by Gasteiger charge is -2.14.